The molecule has 0 saturated carbocycles. The number of amides is 1. The summed E-state index contributed by atoms with van der Waals surface area (Å²) in [6.07, 6.45) is 2.28. The third-order valence-electron chi connectivity index (χ3n) is 5.13. The van der Waals surface area contributed by atoms with Crippen molar-refractivity contribution < 1.29 is 4.79 Å². The normalized spacial score (nSPS) is 17.2. The van der Waals surface area contributed by atoms with Crippen LogP contribution < -0.4 is 15.1 Å². The van der Waals surface area contributed by atoms with E-state index < -0.39 is 6.04 Å². The Morgan fingerprint density at radius 2 is 2.21 bits per heavy atom. The van der Waals surface area contributed by atoms with Gasteiger partial charge in [-0.3, -0.25) is 9.89 Å². The quantitative estimate of drug-likeness (QED) is 0.697. The number of benzene rings is 1. The van der Waals surface area contributed by atoms with Crippen LogP contribution in [-0.4, -0.2) is 58.8 Å². The molecular weight excluding hydrogens is 378 g/mol. The number of hydrogen-bond acceptors (Lipinski definition) is 6. The van der Waals surface area contributed by atoms with E-state index in [1.54, 1.807) is 7.05 Å². The SMILES string of the molecule is CCc1[nH]nc2ncnc(N3CCN(c4cccc(Cl)c4)CC3C(=O)NC)c12. The number of likely N-dealkylation sites (N-methyl/N-ethyl adjacent to an activating group) is 1. The number of aryl methyl sites for hydroxylation is 1. The number of halogens is 1. The van der Waals surface area contributed by atoms with Crippen LogP contribution in [-0.2, 0) is 11.2 Å². The largest absolute Gasteiger partial charge is 0.367 e. The summed E-state index contributed by atoms with van der Waals surface area (Å²) in [7, 11) is 1.66. The number of anilines is 2. The van der Waals surface area contributed by atoms with Gasteiger partial charge in [0, 0.05) is 43.1 Å². The number of piperazine rings is 1. The van der Waals surface area contributed by atoms with E-state index >= 15 is 0 Å². The second-order valence-electron chi connectivity index (χ2n) is 6.70. The minimum Gasteiger partial charge on any atom is -0.367 e. The molecular formula is C19H22ClN7O. The number of nitrogens with zero attached hydrogens (tertiary/aromatic N) is 5. The molecule has 0 spiro atoms. The van der Waals surface area contributed by atoms with Crippen molar-refractivity contribution in [1.29, 1.82) is 0 Å². The fraction of sp³-hybridized carbons (Fsp3) is 0.368. The topological polar surface area (TPSA) is 90.0 Å². The molecule has 1 aliphatic rings. The molecule has 0 aliphatic carbocycles. The van der Waals surface area contributed by atoms with Crippen LogP contribution in [0.15, 0.2) is 30.6 Å². The summed E-state index contributed by atoms with van der Waals surface area (Å²) >= 11 is 6.16. The molecule has 28 heavy (non-hydrogen) atoms. The first-order chi connectivity index (χ1) is 13.6. The van der Waals surface area contributed by atoms with Gasteiger partial charge in [0.2, 0.25) is 5.91 Å². The second kappa shape index (κ2) is 7.63. The second-order valence-corrected chi connectivity index (χ2v) is 7.14. The van der Waals surface area contributed by atoms with Gasteiger partial charge in [-0.25, -0.2) is 9.97 Å². The fourth-order valence-corrected chi connectivity index (χ4v) is 3.89. The molecule has 2 aromatic heterocycles. The molecule has 0 bridgehead atoms. The molecule has 0 radical (unpaired) electrons. The van der Waals surface area contributed by atoms with E-state index in [1.165, 1.54) is 6.33 Å². The molecule has 1 saturated heterocycles. The highest BCUT2D eigenvalue weighted by molar-refractivity contribution is 6.30. The average molecular weight is 400 g/mol. The Bertz CT molecular complexity index is 1000. The van der Waals surface area contributed by atoms with Gasteiger partial charge in [-0.15, -0.1) is 0 Å². The van der Waals surface area contributed by atoms with Gasteiger partial charge in [-0.2, -0.15) is 5.10 Å². The summed E-state index contributed by atoms with van der Waals surface area (Å²) in [5.74, 6) is 0.690. The maximum atomic E-state index is 12.8. The first-order valence-electron chi connectivity index (χ1n) is 9.29. The predicted molar refractivity (Wildman–Crippen MR) is 110 cm³/mol. The lowest BCUT2D eigenvalue weighted by atomic mass is 10.1. The van der Waals surface area contributed by atoms with E-state index in [-0.39, 0.29) is 5.91 Å². The Balaban J connectivity index is 1.72. The molecule has 4 rings (SSSR count). The molecule has 1 atom stereocenters. The Labute approximate surface area is 167 Å². The molecule has 1 unspecified atom stereocenters. The highest BCUT2D eigenvalue weighted by Gasteiger charge is 2.34. The molecule has 9 heteroatoms. The van der Waals surface area contributed by atoms with Crippen molar-refractivity contribution in [2.24, 2.45) is 0 Å². The number of carbonyl (C=O) groups is 1. The minimum absolute atomic E-state index is 0.0555. The fourth-order valence-electron chi connectivity index (χ4n) is 3.71. The van der Waals surface area contributed by atoms with E-state index in [0.717, 1.165) is 35.6 Å². The number of hydrogen-bond donors (Lipinski definition) is 2. The van der Waals surface area contributed by atoms with Gasteiger partial charge in [0.1, 0.15) is 18.2 Å². The van der Waals surface area contributed by atoms with Crippen molar-refractivity contribution in [3.8, 4) is 0 Å². The van der Waals surface area contributed by atoms with Gasteiger partial charge in [0.15, 0.2) is 5.65 Å². The minimum atomic E-state index is -0.393. The van der Waals surface area contributed by atoms with Crippen LogP contribution in [0, 0.1) is 0 Å². The average Bonchev–Trinajstić information content (AvgIpc) is 3.16. The van der Waals surface area contributed by atoms with Crippen LogP contribution >= 0.6 is 11.6 Å². The highest BCUT2D eigenvalue weighted by Crippen LogP contribution is 2.30. The summed E-state index contributed by atoms with van der Waals surface area (Å²) in [4.78, 5) is 25.8. The van der Waals surface area contributed by atoms with Crippen LogP contribution in [0.4, 0.5) is 11.5 Å². The monoisotopic (exact) mass is 399 g/mol. The third kappa shape index (κ3) is 3.24. The van der Waals surface area contributed by atoms with Gasteiger partial charge in [-0.1, -0.05) is 24.6 Å². The Kier molecular flexibility index (Phi) is 5.04. The Morgan fingerprint density at radius 1 is 1.36 bits per heavy atom. The Hall–Kier alpha value is -2.87. The van der Waals surface area contributed by atoms with Gasteiger partial charge in [-0.05, 0) is 24.6 Å². The maximum absolute atomic E-state index is 12.8. The van der Waals surface area contributed by atoms with Crippen LogP contribution in [0.1, 0.15) is 12.6 Å². The number of nitrogens with one attached hydrogen (secondary N) is 2. The summed E-state index contributed by atoms with van der Waals surface area (Å²) in [6, 6.07) is 7.31. The molecule has 146 valence electrons. The number of rotatable bonds is 4. The van der Waals surface area contributed by atoms with Crippen molar-refractivity contribution in [3.05, 3.63) is 41.3 Å². The molecule has 1 amide bonds. The van der Waals surface area contributed by atoms with Crippen LogP contribution in [0.2, 0.25) is 5.02 Å². The van der Waals surface area contributed by atoms with Crippen LogP contribution in [0.25, 0.3) is 11.0 Å². The van der Waals surface area contributed by atoms with Crippen LogP contribution in [0.5, 0.6) is 0 Å². The molecule has 2 N–H and O–H groups in total. The molecule has 1 fully saturated rings. The summed E-state index contributed by atoms with van der Waals surface area (Å²) in [5.41, 5.74) is 2.60. The molecule has 3 heterocycles. The van der Waals surface area contributed by atoms with E-state index in [9.17, 15) is 4.79 Å². The maximum Gasteiger partial charge on any atom is 0.244 e. The zero-order valence-corrected chi connectivity index (χ0v) is 16.6. The number of aromatic amines is 1. The van der Waals surface area contributed by atoms with E-state index in [1.807, 2.05) is 24.3 Å². The highest BCUT2D eigenvalue weighted by atomic mass is 35.5. The number of fused-ring (bicyclic) bond motifs is 1. The van der Waals surface area contributed by atoms with Gasteiger partial charge < -0.3 is 15.1 Å². The van der Waals surface area contributed by atoms with Crippen molar-refractivity contribution in [2.45, 2.75) is 19.4 Å². The zero-order chi connectivity index (χ0) is 19.7. The standard InChI is InChI=1S/C19H22ClN7O/c1-3-14-16-17(25-24-14)22-11-23-18(16)27-8-7-26(10-15(27)19(28)21-2)13-6-4-5-12(20)9-13/h4-6,9,11,15H,3,7-8,10H2,1-2H3,(H,21,28)(H,22,23,24,25). The summed E-state index contributed by atoms with van der Waals surface area (Å²) in [5, 5.41) is 11.7. The van der Waals surface area contributed by atoms with Crippen molar-refractivity contribution in [3.63, 3.8) is 0 Å². The van der Waals surface area contributed by atoms with Crippen molar-refractivity contribution in [1.82, 2.24) is 25.5 Å². The Morgan fingerprint density at radius 3 is 2.96 bits per heavy atom. The van der Waals surface area contributed by atoms with Crippen molar-refractivity contribution in [2.75, 3.05) is 36.5 Å². The number of carbonyl (C=O) groups excluding carboxylic acids is 1. The smallest absolute Gasteiger partial charge is 0.244 e. The number of aromatic nitrogens is 4. The molecule has 3 aromatic rings. The first kappa shape index (κ1) is 18.5. The first-order valence-corrected chi connectivity index (χ1v) is 9.66. The lowest BCUT2D eigenvalue weighted by Crippen LogP contribution is -2.59. The van der Waals surface area contributed by atoms with E-state index in [2.05, 4.69) is 42.2 Å². The van der Waals surface area contributed by atoms with E-state index in [0.29, 0.717) is 23.8 Å². The van der Waals surface area contributed by atoms with Crippen LogP contribution in [0.3, 0.4) is 0 Å². The zero-order valence-electron chi connectivity index (χ0n) is 15.8. The predicted octanol–water partition coefficient (Wildman–Crippen LogP) is 2.01. The summed E-state index contributed by atoms with van der Waals surface area (Å²) < 4.78 is 0. The van der Waals surface area contributed by atoms with Gasteiger partial charge in [0.25, 0.3) is 0 Å². The van der Waals surface area contributed by atoms with Gasteiger partial charge in [0.05, 0.1) is 5.39 Å². The molecule has 1 aliphatic heterocycles. The van der Waals surface area contributed by atoms with Crippen molar-refractivity contribution >= 4 is 40.0 Å². The third-order valence-corrected chi connectivity index (χ3v) is 5.37. The molecule has 8 nitrogen and oxygen atoms in total. The number of H-pyrrole nitrogens is 1. The van der Waals surface area contributed by atoms with E-state index in [4.69, 9.17) is 11.6 Å². The lowest BCUT2D eigenvalue weighted by molar-refractivity contribution is -0.121. The molecule has 1 aromatic carbocycles. The van der Waals surface area contributed by atoms with Gasteiger partial charge >= 0.3 is 0 Å². The summed E-state index contributed by atoms with van der Waals surface area (Å²) in [6.45, 7) is 3.98. The lowest BCUT2D eigenvalue weighted by Gasteiger charge is -2.42.